The fourth-order valence-corrected chi connectivity index (χ4v) is 2.65. The van der Waals surface area contributed by atoms with E-state index in [9.17, 15) is 14.0 Å². The second kappa shape index (κ2) is 8.76. The van der Waals surface area contributed by atoms with Gasteiger partial charge in [0.15, 0.2) is 6.61 Å². The molecule has 0 aliphatic heterocycles. The summed E-state index contributed by atoms with van der Waals surface area (Å²) < 4.78 is 18.7. The second-order valence-electron chi connectivity index (χ2n) is 5.94. The maximum Gasteiger partial charge on any atom is 0.258 e. The van der Waals surface area contributed by atoms with Gasteiger partial charge in [-0.15, -0.1) is 0 Å². The topological polar surface area (TPSA) is 55.4 Å². The van der Waals surface area contributed by atoms with Gasteiger partial charge in [0.05, 0.1) is 6.04 Å². The minimum atomic E-state index is -0.416. The smallest absolute Gasteiger partial charge is 0.258 e. The third-order valence-electron chi connectivity index (χ3n) is 4.03. The number of carbonyl (C=O) groups excluding carboxylic acids is 2. The molecule has 0 heterocycles. The third-order valence-corrected chi connectivity index (χ3v) is 4.03. The van der Waals surface area contributed by atoms with Gasteiger partial charge in [-0.2, -0.15) is 0 Å². The van der Waals surface area contributed by atoms with Crippen molar-refractivity contribution in [2.45, 2.75) is 6.04 Å². The van der Waals surface area contributed by atoms with Crippen molar-refractivity contribution in [1.29, 1.82) is 0 Å². The fraction of sp³-hybridized carbons (Fsp3) is 0.0909. The molecule has 3 aromatic rings. The highest BCUT2D eigenvalue weighted by atomic mass is 19.1. The first-order valence-corrected chi connectivity index (χ1v) is 8.43. The molecule has 0 aliphatic rings. The molecule has 0 aromatic heterocycles. The molecule has 0 saturated heterocycles. The van der Waals surface area contributed by atoms with Crippen molar-refractivity contribution >= 4 is 12.2 Å². The number of carbonyl (C=O) groups is 2. The van der Waals surface area contributed by atoms with E-state index in [1.54, 1.807) is 36.4 Å². The van der Waals surface area contributed by atoms with Crippen LogP contribution < -0.4 is 10.1 Å². The van der Waals surface area contributed by atoms with Crippen LogP contribution in [0.1, 0.15) is 27.5 Å². The molecule has 3 rings (SSSR count). The van der Waals surface area contributed by atoms with Crippen LogP contribution in [0.15, 0.2) is 78.9 Å². The van der Waals surface area contributed by atoms with Crippen molar-refractivity contribution < 1.29 is 18.7 Å². The predicted molar refractivity (Wildman–Crippen MR) is 100 cm³/mol. The van der Waals surface area contributed by atoms with Crippen LogP contribution in [0.4, 0.5) is 4.39 Å². The van der Waals surface area contributed by atoms with Crippen LogP contribution in [0.25, 0.3) is 0 Å². The monoisotopic (exact) mass is 363 g/mol. The molecule has 136 valence electrons. The average Bonchev–Trinajstić information content (AvgIpc) is 2.72. The van der Waals surface area contributed by atoms with E-state index in [0.717, 1.165) is 17.4 Å². The van der Waals surface area contributed by atoms with Crippen molar-refractivity contribution in [2.75, 3.05) is 6.61 Å². The van der Waals surface area contributed by atoms with Gasteiger partial charge in [0.1, 0.15) is 17.9 Å². The first kappa shape index (κ1) is 18.3. The number of ether oxygens (including phenoxy) is 1. The number of halogens is 1. The number of nitrogens with one attached hydrogen (secondary N) is 1. The Morgan fingerprint density at radius 1 is 0.926 bits per heavy atom. The molecule has 27 heavy (non-hydrogen) atoms. The van der Waals surface area contributed by atoms with E-state index in [-0.39, 0.29) is 18.3 Å². The molecule has 3 aromatic carbocycles. The standard InChI is InChI=1S/C22H18FNO3/c23-19-10-8-18(9-11-19)22(17-4-2-1-3-5-17)24-21(26)15-27-20-12-6-16(14-25)7-13-20/h1-14,22H,15H2,(H,24,26). The van der Waals surface area contributed by atoms with Crippen LogP contribution in [0.5, 0.6) is 5.75 Å². The molecule has 0 aliphatic carbocycles. The molecule has 1 atom stereocenters. The summed E-state index contributed by atoms with van der Waals surface area (Å²) in [6, 6.07) is 21.5. The molecule has 0 saturated carbocycles. The van der Waals surface area contributed by atoms with E-state index in [2.05, 4.69) is 5.32 Å². The van der Waals surface area contributed by atoms with E-state index >= 15 is 0 Å². The highest BCUT2D eigenvalue weighted by molar-refractivity contribution is 5.78. The SMILES string of the molecule is O=Cc1ccc(OCC(=O)NC(c2ccccc2)c2ccc(F)cc2)cc1. The molecule has 0 radical (unpaired) electrons. The van der Waals surface area contributed by atoms with Crippen LogP contribution in [-0.4, -0.2) is 18.8 Å². The summed E-state index contributed by atoms with van der Waals surface area (Å²) >= 11 is 0. The lowest BCUT2D eigenvalue weighted by Crippen LogP contribution is -2.33. The second-order valence-corrected chi connectivity index (χ2v) is 5.94. The van der Waals surface area contributed by atoms with Gasteiger partial charge in [0.25, 0.3) is 5.91 Å². The molecule has 0 fully saturated rings. The Morgan fingerprint density at radius 3 is 2.19 bits per heavy atom. The van der Waals surface area contributed by atoms with Gasteiger partial charge in [-0.3, -0.25) is 9.59 Å². The molecule has 4 nitrogen and oxygen atoms in total. The minimum absolute atomic E-state index is 0.176. The first-order valence-electron chi connectivity index (χ1n) is 8.43. The highest BCUT2D eigenvalue weighted by Gasteiger charge is 2.17. The van der Waals surface area contributed by atoms with Crippen molar-refractivity contribution in [3.63, 3.8) is 0 Å². The van der Waals surface area contributed by atoms with Gasteiger partial charge in [0.2, 0.25) is 0 Å². The largest absolute Gasteiger partial charge is 0.484 e. The Morgan fingerprint density at radius 2 is 1.56 bits per heavy atom. The van der Waals surface area contributed by atoms with Crippen molar-refractivity contribution in [2.24, 2.45) is 0 Å². The summed E-state index contributed by atoms with van der Waals surface area (Å²) in [6.45, 7) is -0.176. The van der Waals surface area contributed by atoms with Gasteiger partial charge >= 0.3 is 0 Å². The highest BCUT2D eigenvalue weighted by Crippen LogP contribution is 2.22. The summed E-state index contributed by atoms with van der Waals surface area (Å²) in [7, 11) is 0. The Labute approximate surface area is 156 Å². The average molecular weight is 363 g/mol. The molecule has 0 bridgehead atoms. The van der Waals surface area contributed by atoms with Crippen molar-refractivity contribution in [3.05, 3.63) is 101 Å². The Balaban J connectivity index is 1.70. The van der Waals surface area contributed by atoms with Crippen molar-refractivity contribution in [1.82, 2.24) is 5.32 Å². The number of hydrogen-bond acceptors (Lipinski definition) is 3. The molecule has 1 amide bonds. The molecular formula is C22H18FNO3. The lowest BCUT2D eigenvalue weighted by molar-refractivity contribution is -0.123. The van der Waals surface area contributed by atoms with Gasteiger partial charge in [-0.05, 0) is 47.5 Å². The predicted octanol–water partition coefficient (Wildman–Crippen LogP) is 3.92. The summed E-state index contributed by atoms with van der Waals surface area (Å²) in [4.78, 5) is 23.1. The summed E-state index contributed by atoms with van der Waals surface area (Å²) in [5, 5.41) is 2.92. The summed E-state index contributed by atoms with van der Waals surface area (Å²) in [5.74, 6) is -0.152. The van der Waals surface area contributed by atoms with Gasteiger partial charge in [-0.1, -0.05) is 42.5 Å². The van der Waals surface area contributed by atoms with Crippen LogP contribution in [0, 0.1) is 5.82 Å². The minimum Gasteiger partial charge on any atom is -0.484 e. The van der Waals surface area contributed by atoms with Gasteiger partial charge < -0.3 is 10.1 Å². The van der Waals surface area contributed by atoms with Crippen LogP contribution in [0.3, 0.4) is 0 Å². The Hall–Kier alpha value is -3.47. The third kappa shape index (κ3) is 5.01. The molecule has 5 heteroatoms. The van der Waals surface area contributed by atoms with E-state index in [4.69, 9.17) is 4.74 Å². The maximum absolute atomic E-state index is 13.2. The number of rotatable bonds is 7. The Kier molecular flexibility index (Phi) is 5.94. The molecule has 1 unspecified atom stereocenters. The van der Waals surface area contributed by atoms with E-state index in [0.29, 0.717) is 11.3 Å². The number of hydrogen-bond donors (Lipinski definition) is 1. The molecule has 1 N–H and O–H groups in total. The lowest BCUT2D eigenvalue weighted by atomic mass is 9.98. The van der Waals surface area contributed by atoms with Crippen LogP contribution in [-0.2, 0) is 4.79 Å². The van der Waals surface area contributed by atoms with Gasteiger partial charge in [-0.25, -0.2) is 4.39 Å². The zero-order valence-corrected chi connectivity index (χ0v) is 14.5. The van der Waals surface area contributed by atoms with Gasteiger partial charge in [0, 0.05) is 5.56 Å². The maximum atomic E-state index is 13.2. The molecular weight excluding hydrogens is 345 g/mol. The van der Waals surface area contributed by atoms with E-state index in [1.165, 1.54) is 12.1 Å². The zero-order valence-electron chi connectivity index (χ0n) is 14.5. The molecule has 0 spiro atoms. The van der Waals surface area contributed by atoms with Crippen LogP contribution >= 0.6 is 0 Å². The summed E-state index contributed by atoms with van der Waals surface area (Å²) in [6.07, 6.45) is 0.740. The normalized spacial score (nSPS) is 11.4. The first-order chi connectivity index (χ1) is 13.2. The summed E-state index contributed by atoms with van der Waals surface area (Å²) in [5.41, 5.74) is 2.19. The van der Waals surface area contributed by atoms with E-state index in [1.807, 2.05) is 30.3 Å². The van der Waals surface area contributed by atoms with Crippen molar-refractivity contribution in [3.8, 4) is 5.75 Å². The van der Waals surface area contributed by atoms with Crippen LogP contribution in [0.2, 0.25) is 0 Å². The number of amides is 1. The Bertz CT molecular complexity index is 893. The number of benzene rings is 3. The quantitative estimate of drug-likeness (QED) is 0.647. The van der Waals surface area contributed by atoms with E-state index < -0.39 is 6.04 Å². The fourth-order valence-electron chi connectivity index (χ4n) is 2.65. The zero-order chi connectivity index (χ0) is 19.1. The lowest BCUT2D eigenvalue weighted by Gasteiger charge is -2.20. The number of aldehydes is 1.